The van der Waals surface area contributed by atoms with Gasteiger partial charge in [-0.1, -0.05) is 62.4 Å². The minimum absolute atomic E-state index is 0.0274. The number of benzene rings is 2. The molecule has 0 bridgehead atoms. The number of carboxylic acids is 1. The van der Waals surface area contributed by atoms with Crippen molar-refractivity contribution < 1.29 is 29.3 Å². The van der Waals surface area contributed by atoms with Crippen LogP contribution < -0.4 is 5.32 Å². The second kappa shape index (κ2) is 9.85. The number of β-amino-alcohol motifs (C(OH)–C–C–N with tert-alkyl or cyclic N) is 1. The van der Waals surface area contributed by atoms with E-state index in [1.54, 1.807) is 0 Å². The van der Waals surface area contributed by atoms with Crippen molar-refractivity contribution in [1.29, 1.82) is 0 Å². The van der Waals surface area contributed by atoms with Crippen LogP contribution in [0.2, 0.25) is 0 Å². The number of carbonyl (C=O) groups excluding carboxylic acids is 2. The standard InChI is InChI=1S/C26H30N2O6/c1-15(2)11-22(24(30)28-13-16(29)12-23(28)25(31)32)27-26(33)34-14-21-19-9-5-3-7-17(19)18-8-4-6-10-20(18)21/h3-10,15-16,21-23,29H,11-14H2,1-2H3,(H,27,33)(H,31,32)/t16-,22+,23-/m1/s1. The minimum atomic E-state index is -1.17. The Morgan fingerprint density at radius 2 is 1.65 bits per heavy atom. The van der Waals surface area contributed by atoms with E-state index < -0.39 is 36.2 Å². The lowest BCUT2D eigenvalue weighted by Crippen LogP contribution is -2.52. The molecule has 0 unspecified atom stereocenters. The average molecular weight is 467 g/mol. The maximum absolute atomic E-state index is 13.1. The van der Waals surface area contributed by atoms with Gasteiger partial charge in [0.05, 0.1) is 6.10 Å². The van der Waals surface area contributed by atoms with Gasteiger partial charge in [0.2, 0.25) is 5.91 Å². The summed E-state index contributed by atoms with van der Waals surface area (Å²) in [7, 11) is 0. The molecule has 4 rings (SSSR count). The largest absolute Gasteiger partial charge is 0.480 e. The number of aliphatic carboxylic acids is 1. The minimum Gasteiger partial charge on any atom is -0.480 e. The lowest BCUT2D eigenvalue weighted by atomic mass is 9.98. The Labute approximate surface area is 198 Å². The van der Waals surface area contributed by atoms with Crippen molar-refractivity contribution in [3.63, 3.8) is 0 Å². The molecule has 1 heterocycles. The van der Waals surface area contributed by atoms with Crippen molar-refractivity contribution in [2.75, 3.05) is 13.2 Å². The fourth-order valence-electron chi connectivity index (χ4n) is 4.97. The van der Waals surface area contributed by atoms with Gasteiger partial charge in [-0.3, -0.25) is 4.79 Å². The van der Waals surface area contributed by atoms with Crippen LogP contribution >= 0.6 is 0 Å². The third-order valence-electron chi connectivity index (χ3n) is 6.49. The zero-order chi connectivity index (χ0) is 24.4. The van der Waals surface area contributed by atoms with Gasteiger partial charge in [0.15, 0.2) is 0 Å². The van der Waals surface area contributed by atoms with E-state index in [0.29, 0.717) is 6.42 Å². The number of amides is 2. The van der Waals surface area contributed by atoms with Gasteiger partial charge >= 0.3 is 12.1 Å². The zero-order valence-electron chi connectivity index (χ0n) is 19.3. The highest BCUT2D eigenvalue weighted by molar-refractivity contribution is 5.90. The number of ether oxygens (including phenoxy) is 1. The van der Waals surface area contributed by atoms with Gasteiger partial charge in [-0.2, -0.15) is 0 Å². The highest BCUT2D eigenvalue weighted by Crippen LogP contribution is 2.44. The van der Waals surface area contributed by atoms with Crippen LogP contribution in [0.1, 0.15) is 43.7 Å². The van der Waals surface area contributed by atoms with Crippen molar-refractivity contribution in [1.82, 2.24) is 10.2 Å². The van der Waals surface area contributed by atoms with Crippen LogP contribution in [0.15, 0.2) is 48.5 Å². The Balaban J connectivity index is 1.45. The van der Waals surface area contributed by atoms with Crippen LogP contribution in [0, 0.1) is 5.92 Å². The number of nitrogens with zero attached hydrogens (tertiary/aromatic N) is 1. The number of alkyl carbamates (subject to hydrolysis) is 1. The number of hydrogen-bond donors (Lipinski definition) is 3. The van der Waals surface area contributed by atoms with Gasteiger partial charge < -0.3 is 25.2 Å². The third-order valence-corrected chi connectivity index (χ3v) is 6.49. The quantitative estimate of drug-likeness (QED) is 0.578. The molecule has 2 aromatic rings. The summed E-state index contributed by atoms with van der Waals surface area (Å²) in [6.07, 6.45) is -1.34. The van der Waals surface area contributed by atoms with Gasteiger partial charge in [0.1, 0.15) is 18.7 Å². The number of likely N-dealkylation sites (tertiary alicyclic amines) is 1. The van der Waals surface area contributed by atoms with Crippen LogP contribution in [0.3, 0.4) is 0 Å². The Kier molecular flexibility index (Phi) is 6.88. The summed E-state index contributed by atoms with van der Waals surface area (Å²) in [6, 6.07) is 14.0. The molecule has 34 heavy (non-hydrogen) atoms. The van der Waals surface area contributed by atoms with Crippen LogP contribution in [0.25, 0.3) is 11.1 Å². The Morgan fingerprint density at radius 1 is 1.06 bits per heavy atom. The molecule has 8 heteroatoms. The van der Waals surface area contributed by atoms with Gasteiger partial charge in [-0.25, -0.2) is 9.59 Å². The molecule has 1 aliphatic heterocycles. The molecule has 0 saturated carbocycles. The summed E-state index contributed by atoms with van der Waals surface area (Å²) in [4.78, 5) is 38.6. The zero-order valence-corrected chi connectivity index (χ0v) is 19.3. The number of aliphatic hydroxyl groups excluding tert-OH is 1. The molecule has 2 aromatic carbocycles. The van der Waals surface area contributed by atoms with E-state index in [4.69, 9.17) is 4.74 Å². The highest BCUT2D eigenvalue weighted by Gasteiger charge is 2.41. The summed E-state index contributed by atoms with van der Waals surface area (Å²) in [5.74, 6) is -1.73. The summed E-state index contributed by atoms with van der Waals surface area (Å²) in [5.41, 5.74) is 4.41. The number of carbonyl (C=O) groups is 3. The molecular weight excluding hydrogens is 436 g/mol. The Hall–Kier alpha value is -3.39. The molecule has 1 fully saturated rings. The number of carboxylic acid groups (broad SMARTS) is 1. The maximum Gasteiger partial charge on any atom is 0.407 e. The Bertz CT molecular complexity index is 1040. The normalized spacial score (nSPS) is 20.1. The molecule has 3 atom stereocenters. The van der Waals surface area contributed by atoms with Gasteiger partial charge in [0.25, 0.3) is 0 Å². The second-order valence-corrected chi connectivity index (χ2v) is 9.39. The molecule has 3 N–H and O–H groups in total. The number of aliphatic hydroxyl groups is 1. The molecule has 1 saturated heterocycles. The molecule has 2 aliphatic rings. The number of hydrogen-bond acceptors (Lipinski definition) is 5. The molecule has 2 amide bonds. The van der Waals surface area contributed by atoms with Crippen LogP contribution in [0.4, 0.5) is 4.79 Å². The van der Waals surface area contributed by atoms with E-state index in [0.717, 1.165) is 27.2 Å². The lowest BCUT2D eigenvalue weighted by Gasteiger charge is -2.28. The topological polar surface area (TPSA) is 116 Å². The van der Waals surface area contributed by atoms with Crippen molar-refractivity contribution >= 4 is 18.0 Å². The fourth-order valence-corrected chi connectivity index (χ4v) is 4.97. The molecule has 8 nitrogen and oxygen atoms in total. The summed E-state index contributed by atoms with van der Waals surface area (Å²) >= 11 is 0. The maximum atomic E-state index is 13.1. The summed E-state index contributed by atoms with van der Waals surface area (Å²) < 4.78 is 5.57. The monoisotopic (exact) mass is 466 g/mol. The van der Waals surface area contributed by atoms with Crippen LogP contribution in [0.5, 0.6) is 0 Å². The van der Waals surface area contributed by atoms with Gasteiger partial charge in [-0.05, 0) is 34.6 Å². The highest BCUT2D eigenvalue weighted by atomic mass is 16.5. The van der Waals surface area contributed by atoms with Crippen LogP contribution in [-0.4, -0.2) is 64.4 Å². The van der Waals surface area contributed by atoms with Crippen molar-refractivity contribution in [3.05, 3.63) is 59.7 Å². The first-order chi connectivity index (χ1) is 16.3. The first-order valence-corrected chi connectivity index (χ1v) is 11.6. The van der Waals surface area contributed by atoms with Crippen molar-refractivity contribution in [2.24, 2.45) is 5.92 Å². The summed E-state index contributed by atoms with van der Waals surface area (Å²) in [6.45, 7) is 3.86. The predicted octanol–water partition coefficient (Wildman–Crippen LogP) is 2.99. The van der Waals surface area contributed by atoms with Crippen molar-refractivity contribution in [3.8, 4) is 11.1 Å². The van der Waals surface area contributed by atoms with E-state index in [1.165, 1.54) is 0 Å². The molecule has 0 radical (unpaired) electrons. The molecule has 0 aromatic heterocycles. The van der Waals surface area contributed by atoms with Crippen molar-refractivity contribution in [2.45, 2.75) is 50.8 Å². The summed E-state index contributed by atoms with van der Waals surface area (Å²) in [5, 5.41) is 22.0. The third kappa shape index (κ3) is 4.77. The first kappa shape index (κ1) is 23.8. The van der Waals surface area contributed by atoms with E-state index >= 15 is 0 Å². The van der Waals surface area contributed by atoms with E-state index in [9.17, 15) is 24.6 Å². The molecule has 0 spiro atoms. The number of fused-ring (bicyclic) bond motifs is 3. The van der Waals surface area contributed by atoms with E-state index in [1.807, 2.05) is 50.2 Å². The molecular formula is C26H30N2O6. The predicted molar refractivity (Wildman–Crippen MR) is 125 cm³/mol. The fraction of sp³-hybridized carbons (Fsp3) is 0.423. The first-order valence-electron chi connectivity index (χ1n) is 11.6. The SMILES string of the molecule is CC(C)C[C@H](NC(=O)OCC1c2ccccc2-c2ccccc21)C(=O)N1C[C@H](O)C[C@@H]1C(=O)O. The van der Waals surface area contributed by atoms with Gasteiger partial charge in [0, 0.05) is 18.9 Å². The Morgan fingerprint density at radius 3 is 2.21 bits per heavy atom. The van der Waals surface area contributed by atoms with E-state index in [2.05, 4.69) is 17.4 Å². The van der Waals surface area contributed by atoms with Gasteiger partial charge in [-0.15, -0.1) is 0 Å². The number of nitrogens with one attached hydrogen (secondary N) is 1. The molecule has 1 aliphatic carbocycles. The van der Waals surface area contributed by atoms with Crippen LogP contribution in [-0.2, 0) is 14.3 Å². The average Bonchev–Trinajstić information content (AvgIpc) is 3.35. The number of rotatable bonds is 7. The lowest BCUT2D eigenvalue weighted by molar-refractivity contribution is -0.149. The second-order valence-electron chi connectivity index (χ2n) is 9.39. The molecule has 180 valence electrons. The van der Waals surface area contributed by atoms with E-state index in [-0.39, 0.29) is 31.4 Å². The smallest absolute Gasteiger partial charge is 0.407 e.